The third kappa shape index (κ3) is 12.3. The summed E-state index contributed by atoms with van der Waals surface area (Å²) in [7, 11) is 1.80. The molecule has 0 fully saturated rings. The van der Waals surface area contributed by atoms with E-state index in [2.05, 4.69) is 10.6 Å². The lowest BCUT2D eigenvalue weighted by atomic mass is 10.3. The monoisotopic (exact) mass is 160 g/mol. The van der Waals surface area contributed by atoms with Gasteiger partial charge in [-0.1, -0.05) is 6.92 Å². The molecule has 0 saturated heterocycles. The summed E-state index contributed by atoms with van der Waals surface area (Å²) in [6, 6.07) is 0. The van der Waals surface area contributed by atoms with E-state index in [-0.39, 0.29) is 5.91 Å². The number of hydrogen-bond donors (Lipinski definition) is 2. The van der Waals surface area contributed by atoms with E-state index >= 15 is 0 Å². The minimum absolute atomic E-state index is 0.117. The van der Waals surface area contributed by atoms with Crippen LogP contribution in [-0.4, -0.2) is 26.4 Å². The topological polar surface area (TPSA) is 58.2 Å². The van der Waals surface area contributed by atoms with Gasteiger partial charge in [0.15, 0.2) is 0 Å². The Hall–Kier alpha value is -0.900. The fraction of sp³-hybridized carbons (Fsp3) is 0.714. The van der Waals surface area contributed by atoms with Crippen LogP contribution in [0, 0.1) is 0 Å². The predicted molar refractivity (Wildman–Crippen MR) is 44.1 cm³/mol. The first-order chi connectivity index (χ1) is 5.31. The van der Waals surface area contributed by atoms with Crippen molar-refractivity contribution >= 4 is 12.7 Å². The van der Waals surface area contributed by atoms with E-state index < -0.39 is 0 Å². The van der Waals surface area contributed by atoms with Crippen LogP contribution >= 0.6 is 0 Å². The molecule has 66 valence electrons. The van der Waals surface area contributed by atoms with Gasteiger partial charge in [-0.05, 0) is 13.5 Å². The normalized spacial score (nSPS) is 7.82. The molecule has 0 unspecified atom stereocenters. The molecule has 0 aliphatic heterocycles. The molecule has 1 amide bonds. The Morgan fingerprint density at radius 3 is 2.36 bits per heavy atom. The molecular weight excluding hydrogens is 144 g/mol. The van der Waals surface area contributed by atoms with Gasteiger partial charge in [-0.3, -0.25) is 4.79 Å². The molecule has 0 aromatic carbocycles. The van der Waals surface area contributed by atoms with Crippen molar-refractivity contribution in [3.05, 3.63) is 0 Å². The molecule has 0 bridgehead atoms. The second-order valence-electron chi connectivity index (χ2n) is 1.88. The molecule has 4 heteroatoms. The minimum Gasteiger partial charge on any atom is -0.344 e. The molecule has 0 radical (unpaired) electrons. The molecule has 0 rings (SSSR count). The molecule has 0 heterocycles. The Bertz CT molecular complexity index is 96.4. The van der Waals surface area contributed by atoms with Crippen LogP contribution in [0.5, 0.6) is 0 Å². The van der Waals surface area contributed by atoms with Crippen molar-refractivity contribution in [3.63, 3.8) is 0 Å². The molecular formula is C7H16N2O2. The molecule has 11 heavy (non-hydrogen) atoms. The van der Waals surface area contributed by atoms with Crippen molar-refractivity contribution in [2.75, 3.05) is 13.7 Å². The van der Waals surface area contributed by atoms with Crippen molar-refractivity contribution in [1.82, 2.24) is 10.6 Å². The van der Waals surface area contributed by atoms with Gasteiger partial charge in [0.05, 0.1) is 6.67 Å². The Morgan fingerprint density at radius 2 is 2.00 bits per heavy atom. The average molecular weight is 160 g/mol. The molecule has 0 aliphatic carbocycles. The van der Waals surface area contributed by atoms with Crippen LogP contribution in [0.25, 0.3) is 0 Å². The second kappa shape index (κ2) is 11.8. The van der Waals surface area contributed by atoms with E-state index in [0.29, 0.717) is 13.1 Å². The molecule has 0 spiro atoms. The molecule has 2 N–H and O–H groups in total. The first-order valence-electron chi connectivity index (χ1n) is 3.51. The number of carbonyl (C=O) groups is 2. The fourth-order valence-electron chi connectivity index (χ4n) is 0.502. The summed E-state index contributed by atoms with van der Waals surface area (Å²) < 4.78 is 0. The van der Waals surface area contributed by atoms with Gasteiger partial charge < -0.3 is 15.4 Å². The molecule has 0 aromatic rings. The van der Waals surface area contributed by atoms with Crippen LogP contribution in [0.3, 0.4) is 0 Å². The van der Waals surface area contributed by atoms with E-state index in [1.807, 2.05) is 13.7 Å². The summed E-state index contributed by atoms with van der Waals surface area (Å²) in [6.45, 7) is 4.55. The summed E-state index contributed by atoms with van der Waals surface area (Å²) in [6.07, 6.45) is 1.54. The third-order valence-corrected chi connectivity index (χ3v) is 0.939. The number of hydrogen-bond acceptors (Lipinski definition) is 3. The van der Waals surface area contributed by atoms with Gasteiger partial charge in [0.1, 0.15) is 6.79 Å². The summed E-state index contributed by atoms with van der Waals surface area (Å²) in [5.41, 5.74) is 0. The number of amides is 1. The maximum atomic E-state index is 10.7. The van der Waals surface area contributed by atoms with Gasteiger partial charge >= 0.3 is 0 Å². The van der Waals surface area contributed by atoms with Crippen LogP contribution < -0.4 is 10.6 Å². The van der Waals surface area contributed by atoms with Crippen molar-refractivity contribution < 1.29 is 9.59 Å². The molecule has 0 saturated carbocycles. The van der Waals surface area contributed by atoms with Crippen molar-refractivity contribution in [2.24, 2.45) is 0 Å². The molecule has 0 atom stereocenters. The van der Waals surface area contributed by atoms with E-state index in [1.165, 1.54) is 0 Å². The number of carbonyl (C=O) groups excluding carboxylic acids is 2. The zero-order valence-corrected chi connectivity index (χ0v) is 7.14. The van der Waals surface area contributed by atoms with Gasteiger partial charge in [0, 0.05) is 6.42 Å². The van der Waals surface area contributed by atoms with Crippen LogP contribution in [0.4, 0.5) is 0 Å². The van der Waals surface area contributed by atoms with Crippen LogP contribution in [0.15, 0.2) is 0 Å². The van der Waals surface area contributed by atoms with E-state index in [4.69, 9.17) is 4.79 Å². The van der Waals surface area contributed by atoms with Gasteiger partial charge in [0.25, 0.3) is 0 Å². The predicted octanol–water partition coefficient (Wildman–Crippen LogP) is -0.105. The molecule has 4 nitrogen and oxygen atoms in total. The van der Waals surface area contributed by atoms with Crippen LogP contribution in [0.1, 0.15) is 19.8 Å². The van der Waals surface area contributed by atoms with Gasteiger partial charge in [-0.15, -0.1) is 0 Å². The zero-order valence-electron chi connectivity index (χ0n) is 7.14. The lowest BCUT2D eigenvalue weighted by molar-refractivity contribution is -0.121. The van der Waals surface area contributed by atoms with Crippen molar-refractivity contribution in [2.45, 2.75) is 19.8 Å². The zero-order chi connectivity index (χ0) is 9.11. The Kier molecular flexibility index (Phi) is 13.7. The largest absolute Gasteiger partial charge is 0.344 e. The number of rotatable bonds is 4. The van der Waals surface area contributed by atoms with Crippen molar-refractivity contribution in [1.29, 1.82) is 0 Å². The van der Waals surface area contributed by atoms with E-state index in [9.17, 15) is 4.79 Å². The van der Waals surface area contributed by atoms with E-state index in [1.54, 1.807) is 7.05 Å². The minimum atomic E-state index is 0.117. The Morgan fingerprint density at radius 1 is 1.45 bits per heavy atom. The van der Waals surface area contributed by atoms with Crippen LogP contribution in [-0.2, 0) is 9.59 Å². The van der Waals surface area contributed by atoms with Gasteiger partial charge in [-0.2, -0.15) is 0 Å². The molecule has 0 aromatic heterocycles. The van der Waals surface area contributed by atoms with Crippen molar-refractivity contribution in [3.8, 4) is 0 Å². The van der Waals surface area contributed by atoms with E-state index in [0.717, 1.165) is 6.42 Å². The maximum Gasteiger partial charge on any atom is 0.220 e. The summed E-state index contributed by atoms with van der Waals surface area (Å²) in [5.74, 6) is 0.117. The summed E-state index contributed by atoms with van der Waals surface area (Å²) >= 11 is 0. The van der Waals surface area contributed by atoms with Gasteiger partial charge in [-0.25, -0.2) is 0 Å². The SMILES string of the molecule is C=O.CCCC(=O)NCNC. The highest BCUT2D eigenvalue weighted by Crippen LogP contribution is 1.83. The Labute approximate surface area is 67.4 Å². The second-order valence-corrected chi connectivity index (χ2v) is 1.88. The number of nitrogens with one attached hydrogen (secondary N) is 2. The smallest absolute Gasteiger partial charge is 0.220 e. The first kappa shape index (κ1) is 12.7. The highest BCUT2D eigenvalue weighted by molar-refractivity contribution is 5.75. The lowest BCUT2D eigenvalue weighted by Crippen LogP contribution is -2.31. The van der Waals surface area contributed by atoms with Gasteiger partial charge in [0.2, 0.25) is 5.91 Å². The third-order valence-electron chi connectivity index (χ3n) is 0.939. The average Bonchev–Trinajstić information content (AvgIpc) is 2.05. The fourth-order valence-corrected chi connectivity index (χ4v) is 0.502. The highest BCUT2D eigenvalue weighted by Gasteiger charge is 1.94. The standard InChI is InChI=1S/C6H14N2O.CH2O/c1-3-4-6(9)8-5-7-2;1-2/h7H,3-5H2,1-2H3,(H,8,9);1H2. The quantitative estimate of drug-likeness (QED) is 0.564. The lowest BCUT2D eigenvalue weighted by Gasteiger charge is -2.00. The highest BCUT2D eigenvalue weighted by atomic mass is 16.1. The van der Waals surface area contributed by atoms with Crippen LogP contribution in [0.2, 0.25) is 0 Å². The maximum absolute atomic E-state index is 10.7. The Balaban J connectivity index is 0. The first-order valence-corrected chi connectivity index (χ1v) is 3.51. The summed E-state index contributed by atoms with van der Waals surface area (Å²) in [5, 5.41) is 5.51. The summed E-state index contributed by atoms with van der Waals surface area (Å²) in [4.78, 5) is 18.7. The molecule has 0 aliphatic rings.